The normalized spacial score (nSPS) is 22.2. The summed E-state index contributed by atoms with van der Waals surface area (Å²) in [4.78, 5) is 24.7. The van der Waals surface area contributed by atoms with Gasteiger partial charge in [0.2, 0.25) is 0 Å². The molecule has 1 aliphatic carbocycles. The van der Waals surface area contributed by atoms with E-state index in [0.29, 0.717) is 29.3 Å². The number of hydrogen-bond donors (Lipinski definition) is 0. The van der Waals surface area contributed by atoms with E-state index >= 15 is 0 Å². The molecule has 27 heavy (non-hydrogen) atoms. The minimum Gasteiger partial charge on any atom is -0.496 e. The molecular weight excluding hydrogens is 348 g/mol. The lowest BCUT2D eigenvalue weighted by atomic mass is 9.75. The average Bonchev–Trinajstić information content (AvgIpc) is 2.65. The molecule has 0 spiro atoms. The second-order valence-electron chi connectivity index (χ2n) is 7.47. The maximum atomic E-state index is 12.4. The molecule has 1 aromatic carbocycles. The molecule has 3 atom stereocenters. The topological polar surface area (TPSA) is 71.1 Å². The number of methoxy groups -OCH3 is 2. The molecule has 1 saturated carbocycles. The zero-order chi connectivity index (χ0) is 20.0. The minimum atomic E-state index is -0.682. The van der Waals surface area contributed by atoms with E-state index in [-0.39, 0.29) is 11.7 Å². The van der Waals surface area contributed by atoms with E-state index in [1.54, 1.807) is 18.2 Å². The minimum absolute atomic E-state index is 0.124. The van der Waals surface area contributed by atoms with Gasteiger partial charge in [0, 0.05) is 0 Å². The predicted molar refractivity (Wildman–Crippen MR) is 101 cm³/mol. The summed E-state index contributed by atoms with van der Waals surface area (Å²) in [6.07, 6.45) is 2.93. The van der Waals surface area contributed by atoms with Crippen LogP contribution in [-0.4, -0.2) is 38.9 Å². The zero-order valence-corrected chi connectivity index (χ0v) is 16.8. The molecule has 1 aliphatic rings. The third kappa shape index (κ3) is 5.37. The molecule has 6 heteroatoms. The summed E-state index contributed by atoms with van der Waals surface area (Å²) in [5.41, 5.74) is 0.154. The number of esters is 2. The quantitative estimate of drug-likeness (QED) is 0.671. The first-order valence-electron chi connectivity index (χ1n) is 9.44. The Morgan fingerprint density at radius 1 is 1.11 bits per heavy atom. The van der Waals surface area contributed by atoms with Gasteiger partial charge in [-0.2, -0.15) is 0 Å². The molecule has 0 heterocycles. The second kappa shape index (κ2) is 9.62. The molecule has 1 fully saturated rings. The number of rotatable bonds is 7. The highest BCUT2D eigenvalue weighted by Gasteiger charge is 2.33. The predicted octanol–water partition coefficient (Wildman–Crippen LogP) is 3.86. The summed E-state index contributed by atoms with van der Waals surface area (Å²) in [5.74, 6) is 0.757. The van der Waals surface area contributed by atoms with Gasteiger partial charge in [-0.1, -0.05) is 33.3 Å². The van der Waals surface area contributed by atoms with Crippen LogP contribution in [0.3, 0.4) is 0 Å². The van der Waals surface area contributed by atoms with Crippen molar-refractivity contribution in [3.63, 3.8) is 0 Å². The van der Waals surface area contributed by atoms with E-state index < -0.39 is 18.5 Å². The molecule has 150 valence electrons. The van der Waals surface area contributed by atoms with E-state index in [9.17, 15) is 9.59 Å². The van der Waals surface area contributed by atoms with Crippen LogP contribution in [0.1, 0.15) is 50.4 Å². The third-order valence-corrected chi connectivity index (χ3v) is 5.20. The highest BCUT2D eigenvalue weighted by atomic mass is 16.6. The lowest BCUT2D eigenvalue weighted by molar-refractivity contribution is -0.159. The molecule has 0 saturated heterocycles. The maximum Gasteiger partial charge on any atom is 0.346 e. The van der Waals surface area contributed by atoms with E-state index in [4.69, 9.17) is 18.9 Å². The number of benzene rings is 1. The van der Waals surface area contributed by atoms with Crippen LogP contribution in [0.25, 0.3) is 0 Å². The first kappa shape index (κ1) is 21.1. The van der Waals surface area contributed by atoms with E-state index in [1.807, 2.05) is 0 Å². The van der Waals surface area contributed by atoms with Crippen LogP contribution in [0.5, 0.6) is 11.5 Å². The summed E-state index contributed by atoms with van der Waals surface area (Å²) in [6, 6.07) is 4.97. The molecule has 0 bridgehead atoms. The van der Waals surface area contributed by atoms with Crippen LogP contribution in [0, 0.1) is 17.8 Å². The van der Waals surface area contributed by atoms with Crippen LogP contribution >= 0.6 is 0 Å². The summed E-state index contributed by atoms with van der Waals surface area (Å²) in [6.45, 7) is 6.03. The Hall–Kier alpha value is -2.24. The fourth-order valence-corrected chi connectivity index (χ4v) is 3.70. The van der Waals surface area contributed by atoms with Crippen molar-refractivity contribution >= 4 is 11.9 Å². The average molecular weight is 378 g/mol. The van der Waals surface area contributed by atoms with Crippen molar-refractivity contribution in [2.45, 2.75) is 46.1 Å². The van der Waals surface area contributed by atoms with Crippen molar-refractivity contribution in [2.75, 3.05) is 20.8 Å². The first-order valence-corrected chi connectivity index (χ1v) is 9.44. The molecule has 3 unspecified atom stereocenters. The Kier molecular flexibility index (Phi) is 7.51. The molecule has 0 amide bonds. The Bertz CT molecular complexity index is 632. The Morgan fingerprint density at radius 3 is 2.30 bits per heavy atom. The van der Waals surface area contributed by atoms with Gasteiger partial charge < -0.3 is 18.9 Å². The maximum absolute atomic E-state index is 12.4. The SMILES string of the molecule is COc1cccc(OC)c1C(=O)OCC(=O)OC1CC(C)CCC1C(C)C. The Morgan fingerprint density at radius 2 is 1.74 bits per heavy atom. The van der Waals surface area contributed by atoms with Crippen LogP contribution in [0.15, 0.2) is 18.2 Å². The van der Waals surface area contributed by atoms with Gasteiger partial charge in [0.1, 0.15) is 23.2 Å². The monoisotopic (exact) mass is 378 g/mol. The van der Waals surface area contributed by atoms with Crippen molar-refractivity contribution in [3.05, 3.63) is 23.8 Å². The van der Waals surface area contributed by atoms with Crippen molar-refractivity contribution in [1.29, 1.82) is 0 Å². The molecule has 2 rings (SSSR count). The number of carbonyl (C=O) groups is 2. The second-order valence-corrected chi connectivity index (χ2v) is 7.47. The van der Waals surface area contributed by atoms with Crippen molar-refractivity contribution < 1.29 is 28.5 Å². The van der Waals surface area contributed by atoms with E-state index in [0.717, 1.165) is 19.3 Å². The highest BCUT2D eigenvalue weighted by Crippen LogP contribution is 2.35. The Labute approximate surface area is 161 Å². The van der Waals surface area contributed by atoms with Gasteiger partial charge in [-0.15, -0.1) is 0 Å². The van der Waals surface area contributed by atoms with Gasteiger partial charge in [0.15, 0.2) is 6.61 Å². The van der Waals surface area contributed by atoms with Gasteiger partial charge >= 0.3 is 11.9 Å². The molecule has 1 aromatic rings. The number of ether oxygens (including phenoxy) is 4. The van der Waals surface area contributed by atoms with Crippen molar-refractivity contribution in [3.8, 4) is 11.5 Å². The smallest absolute Gasteiger partial charge is 0.346 e. The summed E-state index contributed by atoms with van der Waals surface area (Å²) < 4.78 is 21.2. The standard InChI is InChI=1S/C21H30O6/c1-13(2)15-10-9-14(3)11-18(15)27-19(22)12-26-21(23)20-16(24-4)7-6-8-17(20)25-5/h6-8,13-15,18H,9-12H2,1-5H3. The lowest BCUT2D eigenvalue weighted by Crippen LogP contribution is -2.36. The first-order chi connectivity index (χ1) is 12.9. The van der Waals surface area contributed by atoms with Crippen LogP contribution in [0.2, 0.25) is 0 Å². The summed E-state index contributed by atoms with van der Waals surface area (Å²) in [7, 11) is 2.91. The summed E-state index contributed by atoms with van der Waals surface area (Å²) in [5, 5.41) is 0. The Balaban J connectivity index is 1.98. The van der Waals surface area contributed by atoms with Gasteiger partial charge in [-0.05, 0) is 42.7 Å². The fourth-order valence-electron chi connectivity index (χ4n) is 3.70. The largest absolute Gasteiger partial charge is 0.496 e. The highest BCUT2D eigenvalue weighted by molar-refractivity contribution is 5.96. The summed E-state index contributed by atoms with van der Waals surface area (Å²) >= 11 is 0. The third-order valence-electron chi connectivity index (χ3n) is 5.20. The molecular formula is C21H30O6. The molecule has 6 nitrogen and oxygen atoms in total. The van der Waals surface area contributed by atoms with Gasteiger partial charge in [-0.3, -0.25) is 0 Å². The van der Waals surface area contributed by atoms with Crippen molar-refractivity contribution in [2.24, 2.45) is 17.8 Å². The number of hydrogen-bond acceptors (Lipinski definition) is 6. The van der Waals surface area contributed by atoms with Gasteiger partial charge in [0.25, 0.3) is 0 Å². The van der Waals surface area contributed by atoms with Crippen LogP contribution in [-0.2, 0) is 14.3 Å². The van der Waals surface area contributed by atoms with E-state index in [2.05, 4.69) is 20.8 Å². The van der Waals surface area contributed by atoms with Crippen molar-refractivity contribution in [1.82, 2.24) is 0 Å². The van der Waals surface area contributed by atoms with Crippen LogP contribution < -0.4 is 9.47 Å². The van der Waals surface area contributed by atoms with Crippen LogP contribution in [0.4, 0.5) is 0 Å². The molecule has 0 N–H and O–H groups in total. The fraction of sp³-hybridized carbons (Fsp3) is 0.619. The zero-order valence-electron chi connectivity index (χ0n) is 16.8. The molecule has 0 radical (unpaired) electrons. The van der Waals surface area contributed by atoms with Gasteiger partial charge in [-0.25, -0.2) is 9.59 Å². The lowest BCUT2D eigenvalue weighted by Gasteiger charge is -2.36. The molecule has 0 aromatic heterocycles. The van der Waals surface area contributed by atoms with Gasteiger partial charge in [0.05, 0.1) is 14.2 Å². The van der Waals surface area contributed by atoms with E-state index in [1.165, 1.54) is 14.2 Å². The number of carbonyl (C=O) groups excluding carboxylic acids is 2. The molecule has 0 aliphatic heterocycles.